The van der Waals surface area contributed by atoms with Crippen LogP contribution in [0.4, 0.5) is 0 Å². The molecule has 53 heavy (non-hydrogen) atoms. The van der Waals surface area contributed by atoms with Crippen molar-refractivity contribution in [2.45, 2.75) is 116 Å². The lowest BCUT2D eigenvalue weighted by atomic mass is 9.53. The van der Waals surface area contributed by atoms with Gasteiger partial charge in [0.1, 0.15) is 11.9 Å². The highest BCUT2D eigenvalue weighted by Gasteiger charge is 2.66. The van der Waals surface area contributed by atoms with Crippen LogP contribution in [0.15, 0.2) is 97.1 Å². The zero-order valence-corrected chi connectivity index (χ0v) is 33.8. The summed E-state index contributed by atoms with van der Waals surface area (Å²) in [6.45, 7) is 19.4. The van der Waals surface area contributed by atoms with Crippen LogP contribution in [0.3, 0.4) is 0 Å². The molecule has 2 aliphatic rings. The third-order valence-corrected chi connectivity index (χ3v) is 16.5. The van der Waals surface area contributed by atoms with Crippen LogP contribution in [0.1, 0.15) is 64.2 Å². The minimum absolute atomic E-state index is 0.138. The summed E-state index contributed by atoms with van der Waals surface area (Å²) in [5.41, 5.74) is 0.898. The van der Waals surface area contributed by atoms with E-state index in [1.165, 1.54) is 0 Å². The fourth-order valence-electron chi connectivity index (χ4n) is 7.78. The third kappa shape index (κ3) is 8.57. The summed E-state index contributed by atoms with van der Waals surface area (Å²) in [4.78, 5) is 15.6. The molecule has 2 fully saturated rings. The highest BCUT2D eigenvalue weighted by atomic mass is 28.4. The number of hydrogen-bond donors (Lipinski definition) is 2. The number of Topliss-reactive ketones (excluding diaryl/α,β-unsaturated/α-hetero) is 1. The smallest absolute Gasteiger partial charge is 0.192 e. The highest BCUT2D eigenvalue weighted by Crippen LogP contribution is 2.55. The maximum absolute atomic E-state index is 15.6. The van der Waals surface area contributed by atoms with Crippen molar-refractivity contribution in [3.63, 3.8) is 0 Å². The Labute approximate surface area is 317 Å². The summed E-state index contributed by atoms with van der Waals surface area (Å²) < 4.78 is 33.6. The second-order valence-electron chi connectivity index (χ2n) is 16.9. The van der Waals surface area contributed by atoms with E-state index < -0.39 is 68.0 Å². The van der Waals surface area contributed by atoms with Crippen molar-refractivity contribution in [2.24, 2.45) is 16.7 Å². The summed E-state index contributed by atoms with van der Waals surface area (Å²) in [5, 5.41) is 23.4. The SMILES string of the molecule is C=C1CC[C@H](O)[C@@]2(CO)C(=O)[C@H](OCc3ccccc3)[C@H](O[Si](C)(C)C(C)(C)C)C(C)(C)[C@@H](OCc3ccc(OC)cc3)[C@@H](OCc3ccccc3)[C@H]12. The van der Waals surface area contributed by atoms with E-state index in [9.17, 15) is 10.2 Å². The fourth-order valence-corrected chi connectivity index (χ4v) is 9.20. The van der Waals surface area contributed by atoms with Crippen LogP contribution in [0.2, 0.25) is 18.1 Å². The average molecular weight is 745 g/mol. The number of rotatable bonds is 13. The van der Waals surface area contributed by atoms with Gasteiger partial charge in [-0.3, -0.25) is 4.79 Å². The Bertz CT molecular complexity index is 1650. The lowest BCUT2D eigenvalue weighted by Crippen LogP contribution is -2.70. The molecule has 2 N–H and O–H groups in total. The molecule has 2 aliphatic carbocycles. The fraction of sp³-hybridized carbons (Fsp3) is 0.523. The number of carbonyl (C=O) groups excluding carboxylic acids is 1. The van der Waals surface area contributed by atoms with Crippen LogP contribution >= 0.6 is 0 Å². The maximum atomic E-state index is 15.6. The van der Waals surface area contributed by atoms with Gasteiger partial charge in [-0.05, 0) is 59.8 Å². The molecule has 0 amide bonds. The molecule has 8 nitrogen and oxygen atoms in total. The van der Waals surface area contributed by atoms with Gasteiger partial charge >= 0.3 is 0 Å². The van der Waals surface area contributed by atoms with Gasteiger partial charge in [0.05, 0.1) is 63.4 Å². The molecular weight excluding hydrogens is 685 g/mol. The van der Waals surface area contributed by atoms with E-state index in [-0.39, 0.29) is 31.3 Å². The molecule has 0 unspecified atom stereocenters. The van der Waals surface area contributed by atoms with E-state index in [0.29, 0.717) is 6.42 Å². The van der Waals surface area contributed by atoms with Crippen molar-refractivity contribution >= 4 is 14.1 Å². The summed E-state index contributed by atoms with van der Waals surface area (Å²) in [6, 6.07) is 27.3. The minimum atomic E-state index is -2.61. The Morgan fingerprint density at radius 1 is 0.811 bits per heavy atom. The summed E-state index contributed by atoms with van der Waals surface area (Å²) >= 11 is 0. The van der Waals surface area contributed by atoms with Crippen molar-refractivity contribution in [1.29, 1.82) is 0 Å². The summed E-state index contributed by atoms with van der Waals surface area (Å²) in [5.74, 6) is -0.443. The monoisotopic (exact) mass is 744 g/mol. The molecule has 0 radical (unpaired) electrons. The molecule has 0 saturated heterocycles. The van der Waals surface area contributed by atoms with Crippen LogP contribution in [-0.4, -0.2) is 68.6 Å². The molecule has 0 heterocycles. The molecule has 7 atom stereocenters. The number of ketones is 1. The van der Waals surface area contributed by atoms with Crippen molar-refractivity contribution in [1.82, 2.24) is 0 Å². The van der Waals surface area contributed by atoms with Crippen LogP contribution in [0, 0.1) is 16.7 Å². The van der Waals surface area contributed by atoms with Gasteiger partial charge in [-0.25, -0.2) is 0 Å². The molecule has 0 aromatic heterocycles. The van der Waals surface area contributed by atoms with Gasteiger partial charge in [-0.1, -0.05) is 120 Å². The second kappa shape index (κ2) is 16.7. The van der Waals surface area contributed by atoms with Gasteiger partial charge in [0.2, 0.25) is 0 Å². The Kier molecular flexibility index (Phi) is 12.9. The van der Waals surface area contributed by atoms with Crippen LogP contribution < -0.4 is 4.74 Å². The quantitative estimate of drug-likeness (QED) is 0.134. The summed E-state index contributed by atoms with van der Waals surface area (Å²) in [6.07, 6.45) is -3.95. The molecule has 288 valence electrons. The van der Waals surface area contributed by atoms with E-state index in [1.807, 2.05) is 84.9 Å². The van der Waals surface area contributed by atoms with Gasteiger partial charge in [0.15, 0.2) is 14.1 Å². The first-order valence-corrected chi connectivity index (χ1v) is 21.7. The molecular formula is C44H60O8Si. The van der Waals surface area contributed by atoms with Gasteiger partial charge < -0.3 is 33.6 Å². The van der Waals surface area contributed by atoms with Crippen molar-refractivity contribution in [2.75, 3.05) is 13.7 Å². The molecule has 0 aliphatic heterocycles. The zero-order valence-electron chi connectivity index (χ0n) is 32.8. The predicted octanol–water partition coefficient (Wildman–Crippen LogP) is 8.06. The first-order chi connectivity index (χ1) is 25.1. The van der Waals surface area contributed by atoms with Crippen LogP contribution in [-0.2, 0) is 43.3 Å². The molecule has 5 rings (SSSR count). The lowest BCUT2D eigenvalue weighted by molar-refractivity contribution is -0.232. The van der Waals surface area contributed by atoms with Gasteiger partial charge in [-0.15, -0.1) is 0 Å². The van der Waals surface area contributed by atoms with Crippen molar-refractivity contribution < 1.29 is 38.4 Å². The van der Waals surface area contributed by atoms with Crippen LogP contribution in [0.25, 0.3) is 0 Å². The Morgan fingerprint density at radius 3 is 1.87 bits per heavy atom. The number of aliphatic hydroxyl groups excluding tert-OH is 2. The van der Waals surface area contributed by atoms with Gasteiger partial charge in [0, 0.05) is 11.3 Å². The number of ether oxygens (including phenoxy) is 4. The first-order valence-electron chi connectivity index (χ1n) is 18.8. The van der Waals surface area contributed by atoms with Gasteiger partial charge in [0.25, 0.3) is 0 Å². The molecule has 3 aromatic carbocycles. The van der Waals surface area contributed by atoms with E-state index in [1.54, 1.807) is 7.11 Å². The molecule has 3 aromatic rings. The van der Waals surface area contributed by atoms with Crippen molar-refractivity contribution in [3.05, 3.63) is 114 Å². The Balaban J connectivity index is 1.73. The minimum Gasteiger partial charge on any atom is -0.497 e. The number of methoxy groups -OCH3 is 1. The second-order valence-corrected chi connectivity index (χ2v) is 21.7. The van der Waals surface area contributed by atoms with E-state index in [4.69, 9.17) is 23.4 Å². The Morgan fingerprint density at radius 2 is 1.34 bits per heavy atom. The standard InChI is InChI=1S/C44H60O8Si/c1-30-20-25-35(46)44(29-45)36(30)37(49-26-31-16-12-10-13-17-31)40(51-28-33-21-23-34(48-7)24-22-33)43(5,6)41(52-53(8,9)42(2,3)4)38(39(44)47)50-27-32-18-14-11-15-19-32/h10-19,21-24,35-38,40-41,45-46H,1,20,25-29H2,2-9H3/t35-,36-,37-,38-,40-,41-,44+/m0/s1. The third-order valence-electron chi connectivity index (χ3n) is 12.0. The Hall–Kier alpha value is -3.15. The zero-order chi connectivity index (χ0) is 38.6. The number of aliphatic hydroxyl groups is 2. The first kappa shape index (κ1) is 41.0. The lowest BCUT2D eigenvalue weighted by Gasteiger charge is -2.58. The largest absolute Gasteiger partial charge is 0.497 e. The molecule has 9 heteroatoms. The molecule has 0 bridgehead atoms. The van der Waals surface area contributed by atoms with E-state index in [0.717, 1.165) is 28.0 Å². The van der Waals surface area contributed by atoms with Crippen LogP contribution in [0.5, 0.6) is 5.75 Å². The van der Waals surface area contributed by atoms with E-state index in [2.05, 4.69) is 54.3 Å². The molecule has 0 spiro atoms. The number of benzene rings is 3. The number of fused-ring (bicyclic) bond motifs is 1. The maximum Gasteiger partial charge on any atom is 0.192 e. The topological polar surface area (TPSA) is 104 Å². The number of hydrogen-bond acceptors (Lipinski definition) is 8. The summed E-state index contributed by atoms with van der Waals surface area (Å²) in [7, 11) is -0.978. The van der Waals surface area contributed by atoms with Crippen molar-refractivity contribution in [3.8, 4) is 5.75 Å². The predicted molar refractivity (Wildman–Crippen MR) is 210 cm³/mol. The highest BCUT2D eigenvalue weighted by molar-refractivity contribution is 6.74. The number of carbonyl (C=O) groups is 1. The van der Waals surface area contributed by atoms with Gasteiger partial charge in [-0.2, -0.15) is 0 Å². The normalized spacial score (nSPS) is 27.8. The van der Waals surface area contributed by atoms with E-state index >= 15 is 4.79 Å². The average Bonchev–Trinajstić information content (AvgIpc) is 3.13. The molecule has 2 saturated carbocycles.